The molecule has 0 spiro atoms. The highest BCUT2D eigenvalue weighted by Gasteiger charge is 2.37. The van der Waals surface area contributed by atoms with E-state index < -0.39 is 10.0 Å². The Balaban J connectivity index is 0.00000196. The first-order valence-corrected chi connectivity index (χ1v) is 11.3. The number of nitrogens with zero attached hydrogens (tertiary/aromatic N) is 1. The van der Waals surface area contributed by atoms with E-state index in [0.29, 0.717) is 24.7 Å². The maximum absolute atomic E-state index is 12.5. The van der Waals surface area contributed by atoms with Crippen LogP contribution in [0.1, 0.15) is 59.8 Å². The number of rotatable bonds is 5. The van der Waals surface area contributed by atoms with Crippen molar-refractivity contribution in [1.29, 1.82) is 0 Å². The molecule has 1 aromatic rings. The fraction of sp³-hybridized carbons (Fsp3) is 0.667. The summed E-state index contributed by atoms with van der Waals surface area (Å²) in [5.74, 6) is 0.450. The van der Waals surface area contributed by atoms with Crippen LogP contribution in [-0.2, 0) is 14.8 Å². The van der Waals surface area contributed by atoms with Crippen LogP contribution in [0.2, 0.25) is 5.02 Å². The van der Waals surface area contributed by atoms with Gasteiger partial charge >= 0.3 is 0 Å². The fourth-order valence-corrected chi connectivity index (χ4v) is 5.63. The topological polar surface area (TPSA) is 66.5 Å². The van der Waals surface area contributed by atoms with E-state index in [2.05, 4.69) is 5.32 Å². The molecule has 0 aromatic heterocycles. The highest BCUT2D eigenvalue weighted by atomic mass is 35.5. The van der Waals surface area contributed by atoms with Crippen molar-refractivity contribution >= 4 is 27.5 Å². The zero-order chi connectivity index (χ0) is 18.6. The van der Waals surface area contributed by atoms with Gasteiger partial charge in [0.15, 0.2) is 0 Å². The Kier molecular flexibility index (Phi) is 9.95. The van der Waals surface area contributed by atoms with Crippen molar-refractivity contribution in [3.05, 3.63) is 29.3 Å². The predicted molar refractivity (Wildman–Crippen MR) is 116 cm³/mol. The lowest BCUT2D eigenvalue weighted by atomic mass is 9.90. The molecule has 0 atom stereocenters. The van der Waals surface area contributed by atoms with E-state index in [-0.39, 0.29) is 37.5 Å². The molecular formula is C21H35ClN2O3S. The molecule has 2 fully saturated rings. The summed E-state index contributed by atoms with van der Waals surface area (Å²) in [6.45, 7) is 1.44. The summed E-state index contributed by atoms with van der Waals surface area (Å²) in [7, 11) is -3.49. The molecule has 1 heterocycles. The Morgan fingerprint density at radius 3 is 2.29 bits per heavy atom. The van der Waals surface area contributed by atoms with E-state index in [1.807, 2.05) is 0 Å². The number of amides is 1. The minimum Gasteiger partial charge on any atom is -0.355 e. The summed E-state index contributed by atoms with van der Waals surface area (Å²) < 4.78 is 26.5. The third kappa shape index (κ3) is 6.19. The van der Waals surface area contributed by atoms with Crippen molar-refractivity contribution in [2.75, 3.05) is 19.6 Å². The van der Waals surface area contributed by atoms with Gasteiger partial charge in [0.1, 0.15) is 0 Å². The molecule has 0 unspecified atom stereocenters. The van der Waals surface area contributed by atoms with Gasteiger partial charge in [0.05, 0.1) is 4.90 Å². The lowest BCUT2D eigenvalue weighted by Gasteiger charge is -2.38. The monoisotopic (exact) mass is 430 g/mol. The summed E-state index contributed by atoms with van der Waals surface area (Å²) in [5.41, 5.74) is 0. The Labute approximate surface area is 175 Å². The van der Waals surface area contributed by atoms with Crippen molar-refractivity contribution in [1.82, 2.24) is 9.62 Å². The maximum Gasteiger partial charge on any atom is 0.243 e. The number of nitrogens with one attached hydrogen (secondary N) is 1. The molecule has 7 heteroatoms. The van der Waals surface area contributed by atoms with Crippen LogP contribution in [0.15, 0.2) is 29.2 Å². The van der Waals surface area contributed by atoms with Crippen LogP contribution in [0.5, 0.6) is 0 Å². The number of hydrogen-bond donors (Lipinski definition) is 1. The third-order valence-electron chi connectivity index (χ3n) is 5.40. The van der Waals surface area contributed by atoms with Crippen LogP contribution in [0.4, 0.5) is 0 Å². The lowest BCUT2D eigenvalue weighted by Crippen LogP contribution is -2.54. The molecule has 1 N–H and O–H groups in total. The molecule has 3 rings (SSSR count). The highest BCUT2D eigenvalue weighted by Crippen LogP contribution is 2.27. The van der Waals surface area contributed by atoms with Gasteiger partial charge in [0.25, 0.3) is 0 Å². The lowest BCUT2D eigenvalue weighted by molar-refractivity contribution is -0.126. The fourth-order valence-electron chi connectivity index (χ4n) is 3.73. The first-order valence-electron chi connectivity index (χ1n) is 9.50. The van der Waals surface area contributed by atoms with Gasteiger partial charge in [0, 0.05) is 36.5 Å². The summed E-state index contributed by atoms with van der Waals surface area (Å²) in [4.78, 5) is 12.6. The molecule has 0 bridgehead atoms. The smallest absolute Gasteiger partial charge is 0.243 e. The van der Waals surface area contributed by atoms with Crippen LogP contribution in [0.25, 0.3) is 0 Å². The van der Waals surface area contributed by atoms with E-state index >= 15 is 0 Å². The number of benzene rings is 1. The second kappa shape index (κ2) is 11.2. The Bertz CT molecular complexity index is 725. The van der Waals surface area contributed by atoms with Gasteiger partial charge in [-0.15, -0.1) is 0 Å². The van der Waals surface area contributed by atoms with Gasteiger partial charge in [-0.2, -0.15) is 4.31 Å². The molecule has 1 saturated carbocycles. The van der Waals surface area contributed by atoms with Crippen molar-refractivity contribution in [3.63, 3.8) is 0 Å². The van der Waals surface area contributed by atoms with Crippen molar-refractivity contribution in [2.24, 2.45) is 11.8 Å². The summed E-state index contributed by atoms with van der Waals surface area (Å²) in [5, 5.41) is 3.45. The molecular weight excluding hydrogens is 396 g/mol. The number of sulfonamides is 1. The van der Waals surface area contributed by atoms with Crippen LogP contribution >= 0.6 is 11.6 Å². The first-order chi connectivity index (χ1) is 12.5. The normalized spacial score (nSPS) is 19.3. The number of hydrogen-bond acceptors (Lipinski definition) is 3. The minimum atomic E-state index is -3.49. The van der Waals surface area contributed by atoms with Crippen LogP contribution in [-0.4, -0.2) is 38.3 Å². The molecule has 1 saturated heterocycles. The van der Waals surface area contributed by atoms with Crippen LogP contribution in [0, 0.1) is 11.8 Å². The van der Waals surface area contributed by atoms with Gasteiger partial charge < -0.3 is 5.32 Å². The molecule has 1 aromatic carbocycles. The van der Waals surface area contributed by atoms with Gasteiger partial charge in [-0.05, 0) is 31.0 Å². The molecule has 5 nitrogen and oxygen atoms in total. The highest BCUT2D eigenvalue weighted by molar-refractivity contribution is 7.89. The first kappa shape index (κ1) is 24.9. The van der Waals surface area contributed by atoms with Gasteiger partial charge in [-0.1, -0.05) is 64.6 Å². The predicted octanol–water partition coefficient (Wildman–Crippen LogP) is 4.71. The molecule has 2 aliphatic rings. The third-order valence-corrected chi connectivity index (χ3v) is 7.46. The van der Waals surface area contributed by atoms with Gasteiger partial charge in [-0.25, -0.2) is 8.42 Å². The second-order valence-corrected chi connectivity index (χ2v) is 9.81. The number of carbonyl (C=O) groups excluding carboxylic acids is 1. The molecule has 1 aliphatic heterocycles. The van der Waals surface area contributed by atoms with Crippen LogP contribution < -0.4 is 5.32 Å². The van der Waals surface area contributed by atoms with E-state index in [1.54, 1.807) is 18.2 Å². The molecule has 0 radical (unpaired) electrons. The molecule has 1 aliphatic carbocycles. The zero-order valence-corrected chi connectivity index (χ0v) is 16.6. The van der Waals surface area contributed by atoms with E-state index in [1.165, 1.54) is 29.6 Å². The summed E-state index contributed by atoms with van der Waals surface area (Å²) >= 11 is 5.90. The van der Waals surface area contributed by atoms with E-state index in [4.69, 9.17) is 11.6 Å². The van der Waals surface area contributed by atoms with Crippen molar-refractivity contribution in [2.45, 2.75) is 64.7 Å². The average molecular weight is 431 g/mol. The summed E-state index contributed by atoms with van der Waals surface area (Å²) in [6.07, 6.45) is 7.96. The summed E-state index contributed by atoms with van der Waals surface area (Å²) in [6, 6.07) is 6.33. The zero-order valence-electron chi connectivity index (χ0n) is 15.0. The molecule has 1 amide bonds. The Morgan fingerprint density at radius 2 is 1.68 bits per heavy atom. The average Bonchev–Trinajstić information content (AvgIpc) is 2.52. The SMILES string of the molecule is C.C.O=C(NCC1CN(S(=O)(=O)c2cccc(Cl)c2)C1)C1CCCCCCC1. The minimum absolute atomic E-state index is 0. The quantitative estimate of drug-likeness (QED) is 0.735. The Morgan fingerprint density at radius 1 is 1.07 bits per heavy atom. The van der Waals surface area contributed by atoms with Crippen molar-refractivity contribution in [3.8, 4) is 0 Å². The Hall–Kier alpha value is -1.11. The van der Waals surface area contributed by atoms with Crippen molar-refractivity contribution < 1.29 is 13.2 Å². The number of carbonyl (C=O) groups is 1. The number of halogens is 1. The largest absolute Gasteiger partial charge is 0.355 e. The molecule has 28 heavy (non-hydrogen) atoms. The standard InChI is InChI=1S/C19H27ClN2O3S.2CH4/c20-17-9-6-10-18(11-17)26(24,25)22-13-15(14-22)12-21-19(23)16-7-4-2-1-3-5-8-16;;/h6,9-11,15-16H,1-5,7-8,12-14H2,(H,21,23);2*1H4. The molecule has 160 valence electrons. The van der Waals surface area contributed by atoms with E-state index in [9.17, 15) is 13.2 Å². The van der Waals surface area contributed by atoms with Crippen LogP contribution in [0.3, 0.4) is 0 Å². The van der Waals surface area contributed by atoms with Gasteiger partial charge in [0.2, 0.25) is 15.9 Å². The van der Waals surface area contributed by atoms with E-state index in [0.717, 1.165) is 25.7 Å². The second-order valence-electron chi connectivity index (χ2n) is 7.43. The maximum atomic E-state index is 12.5. The van der Waals surface area contributed by atoms with Gasteiger partial charge in [-0.3, -0.25) is 4.79 Å².